The number of pyridine rings is 1. The molecular formula is C13H19N3O. The standard InChI is InChI=1S/C13H19N3O/c1-3-13(4-5-13)8-15-12(17)10-6-9(2)16-11(14)7-10/h6-7H,3-5,8H2,1-2H3,(H2,14,16)(H,15,17). The molecule has 0 spiro atoms. The lowest BCUT2D eigenvalue weighted by atomic mass is 10.0. The van der Waals surface area contributed by atoms with Crippen molar-refractivity contribution in [2.24, 2.45) is 5.41 Å². The van der Waals surface area contributed by atoms with E-state index in [0.29, 0.717) is 16.8 Å². The highest BCUT2D eigenvalue weighted by Gasteiger charge is 2.40. The number of anilines is 1. The molecule has 0 radical (unpaired) electrons. The van der Waals surface area contributed by atoms with Gasteiger partial charge in [0.25, 0.3) is 5.91 Å². The molecular weight excluding hydrogens is 214 g/mol. The molecule has 92 valence electrons. The molecule has 17 heavy (non-hydrogen) atoms. The molecule has 2 rings (SSSR count). The van der Waals surface area contributed by atoms with Gasteiger partial charge in [-0.05, 0) is 43.7 Å². The van der Waals surface area contributed by atoms with Crippen molar-refractivity contribution in [3.8, 4) is 0 Å². The summed E-state index contributed by atoms with van der Waals surface area (Å²) >= 11 is 0. The molecule has 1 saturated carbocycles. The van der Waals surface area contributed by atoms with Gasteiger partial charge in [0, 0.05) is 17.8 Å². The third kappa shape index (κ3) is 2.75. The number of nitrogens with two attached hydrogens (primary N) is 1. The second kappa shape index (κ2) is 4.35. The van der Waals surface area contributed by atoms with E-state index in [4.69, 9.17) is 5.73 Å². The van der Waals surface area contributed by atoms with Crippen LogP contribution in [0, 0.1) is 12.3 Å². The summed E-state index contributed by atoms with van der Waals surface area (Å²) in [5.41, 5.74) is 7.36. The van der Waals surface area contributed by atoms with Gasteiger partial charge in [0.05, 0.1) is 0 Å². The Bertz CT molecular complexity index is 418. The number of hydrogen-bond acceptors (Lipinski definition) is 3. The van der Waals surface area contributed by atoms with Crippen LogP contribution in [0.25, 0.3) is 0 Å². The van der Waals surface area contributed by atoms with Crippen LogP contribution in [0.5, 0.6) is 0 Å². The molecule has 1 aromatic heterocycles. The molecule has 4 heteroatoms. The quantitative estimate of drug-likeness (QED) is 0.834. The van der Waals surface area contributed by atoms with E-state index in [9.17, 15) is 4.79 Å². The maximum atomic E-state index is 11.9. The zero-order chi connectivity index (χ0) is 12.5. The molecule has 0 atom stereocenters. The second-order valence-corrected chi connectivity index (χ2v) is 4.96. The molecule has 1 aliphatic rings. The fraction of sp³-hybridized carbons (Fsp3) is 0.538. The van der Waals surface area contributed by atoms with Gasteiger partial charge < -0.3 is 11.1 Å². The minimum atomic E-state index is -0.0538. The first-order valence-electron chi connectivity index (χ1n) is 6.07. The molecule has 0 bridgehead atoms. The lowest BCUT2D eigenvalue weighted by Crippen LogP contribution is -2.30. The fourth-order valence-corrected chi connectivity index (χ4v) is 2.03. The van der Waals surface area contributed by atoms with Gasteiger partial charge in [0.15, 0.2) is 0 Å². The highest BCUT2D eigenvalue weighted by atomic mass is 16.1. The topological polar surface area (TPSA) is 68.0 Å². The SMILES string of the molecule is CCC1(CNC(=O)c2cc(C)nc(N)c2)CC1. The maximum absolute atomic E-state index is 11.9. The first kappa shape index (κ1) is 11.9. The van der Waals surface area contributed by atoms with Gasteiger partial charge in [0.2, 0.25) is 0 Å². The molecule has 0 aromatic carbocycles. The Labute approximate surface area is 102 Å². The van der Waals surface area contributed by atoms with Gasteiger partial charge in [-0.1, -0.05) is 6.92 Å². The van der Waals surface area contributed by atoms with Crippen LogP contribution in [0.15, 0.2) is 12.1 Å². The number of amides is 1. The van der Waals surface area contributed by atoms with Crippen LogP contribution in [0.1, 0.15) is 42.2 Å². The normalized spacial score (nSPS) is 16.6. The molecule has 1 aromatic rings. The highest BCUT2D eigenvalue weighted by Crippen LogP contribution is 2.47. The molecule has 1 heterocycles. The van der Waals surface area contributed by atoms with Crippen LogP contribution >= 0.6 is 0 Å². The van der Waals surface area contributed by atoms with Crippen LogP contribution in [0.4, 0.5) is 5.82 Å². The number of nitrogens with one attached hydrogen (secondary N) is 1. The summed E-state index contributed by atoms with van der Waals surface area (Å²) in [6.07, 6.45) is 3.58. The molecule has 0 unspecified atom stereocenters. The number of hydrogen-bond donors (Lipinski definition) is 2. The fourth-order valence-electron chi connectivity index (χ4n) is 2.03. The van der Waals surface area contributed by atoms with E-state index in [2.05, 4.69) is 17.2 Å². The van der Waals surface area contributed by atoms with E-state index in [1.165, 1.54) is 12.8 Å². The summed E-state index contributed by atoms with van der Waals surface area (Å²) in [7, 11) is 0. The summed E-state index contributed by atoms with van der Waals surface area (Å²) in [6.45, 7) is 4.78. The monoisotopic (exact) mass is 233 g/mol. The van der Waals surface area contributed by atoms with E-state index in [-0.39, 0.29) is 5.91 Å². The van der Waals surface area contributed by atoms with Crippen LogP contribution in [0.2, 0.25) is 0 Å². The number of carbonyl (C=O) groups is 1. The number of nitrogen functional groups attached to an aromatic ring is 1. The van der Waals surface area contributed by atoms with Crippen molar-refractivity contribution >= 4 is 11.7 Å². The number of carbonyl (C=O) groups excluding carboxylic acids is 1. The van der Waals surface area contributed by atoms with Crippen molar-refractivity contribution in [1.29, 1.82) is 0 Å². The minimum absolute atomic E-state index is 0.0538. The first-order chi connectivity index (χ1) is 8.04. The van der Waals surface area contributed by atoms with Crippen molar-refractivity contribution in [2.45, 2.75) is 33.1 Å². The highest BCUT2D eigenvalue weighted by molar-refractivity contribution is 5.94. The van der Waals surface area contributed by atoms with Crippen molar-refractivity contribution in [2.75, 3.05) is 12.3 Å². The zero-order valence-electron chi connectivity index (χ0n) is 10.4. The summed E-state index contributed by atoms with van der Waals surface area (Å²) < 4.78 is 0. The lowest BCUT2D eigenvalue weighted by molar-refractivity contribution is 0.0944. The van der Waals surface area contributed by atoms with E-state index in [1.807, 2.05) is 6.92 Å². The van der Waals surface area contributed by atoms with Crippen LogP contribution in [-0.2, 0) is 0 Å². The van der Waals surface area contributed by atoms with Gasteiger partial charge >= 0.3 is 0 Å². The average molecular weight is 233 g/mol. The van der Waals surface area contributed by atoms with Gasteiger partial charge in [-0.25, -0.2) is 4.98 Å². The minimum Gasteiger partial charge on any atom is -0.384 e. The molecule has 1 fully saturated rings. The van der Waals surface area contributed by atoms with Crippen LogP contribution in [-0.4, -0.2) is 17.4 Å². The first-order valence-corrected chi connectivity index (χ1v) is 6.07. The summed E-state index contributed by atoms with van der Waals surface area (Å²) in [4.78, 5) is 16.0. The van der Waals surface area contributed by atoms with Crippen LogP contribution in [0.3, 0.4) is 0 Å². The van der Waals surface area contributed by atoms with Gasteiger partial charge in [0.1, 0.15) is 5.82 Å². The third-order valence-corrected chi connectivity index (χ3v) is 3.57. The Kier molecular flexibility index (Phi) is 3.05. The van der Waals surface area contributed by atoms with E-state index < -0.39 is 0 Å². The summed E-state index contributed by atoms with van der Waals surface area (Å²) in [6, 6.07) is 3.38. The van der Waals surface area contributed by atoms with E-state index in [0.717, 1.165) is 18.7 Å². The Morgan fingerprint density at radius 2 is 2.24 bits per heavy atom. The zero-order valence-corrected chi connectivity index (χ0v) is 10.4. The van der Waals surface area contributed by atoms with Crippen molar-refractivity contribution in [1.82, 2.24) is 10.3 Å². The van der Waals surface area contributed by atoms with Gasteiger partial charge in [-0.15, -0.1) is 0 Å². The molecule has 1 aliphatic carbocycles. The van der Waals surface area contributed by atoms with E-state index >= 15 is 0 Å². The Morgan fingerprint density at radius 1 is 1.53 bits per heavy atom. The third-order valence-electron chi connectivity index (χ3n) is 3.57. The molecule has 0 aliphatic heterocycles. The lowest BCUT2D eigenvalue weighted by Gasteiger charge is -2.13. The summed E-state index contributed by atoms with van der Waals surface area (Å²) in [5.74, 6) is 0.341. The molecule has 4 nitrogen and oxygen atoms in total. The van der Waals surface area contributed by atoms with Crippen molar-refractivity contribution in [3.63, 3.8) is 0 Å². The number of rotatable bonds is 4. The van der Waals surface area contributed by atoms with Gasteiger partial charge in [-0.2, -0.15) is 0 Å². The Hall–Kier alpha value is -1.58. The molecule has 0 saturated heterocycles. The predicted molar refractivity (Wildman–Crippen MR) is 67.7 cm³/mol. The predicted octanol–water partition coefficient (Wildman–Crippen LogP) is 1.89. The maximum Gasteiger partial charge on any atom is 0.251 e. The number of nitrogens with zero attached hydrogens (tertiary/aromatic N) is 1. The Balaban J connectivity index is 1.99. The number of aromatic nitrogens is 1. The smallest absolute Gasteiger partial charge is 0.251 e. The van der Waals surface area contributed by atoms with Crippen LogP contribution < -0.4 is 11.1 Å². The largest absolute Gasteiger partial charge is 0.384 e. The number of aryl methyl sites for hydroxylation is 1. The molecule has 1 amide bonds. The van der Waals surface area contributed by atoms with Gasteiger partial charge in [-0.3, -0.25) is 4.79 Å². The molecule has 3 N–H and O–H groups in total. The second-order valence-electron chi connectivity index (χ2n) is 4.96. The average Bonchev–Trinajstić information content (AvgIpc) is 3.05. The van der Waals surface area contributed by atoms with Crippen molar-refractivity contribution in [3.05, 3.63) is 23.4 Å². The van der Waals surface area contributed by atoms with E-state index in [1.54, 1.807) is 12.1 Å². The summed E-state index contributed by atoms with van der Waals surface area (Å²) in [5, 5.41) is 2.98. The van der Waals surface area contributed by atoms with Crippen molar-refractivity contribution < 1.29 is 4.79 Å². The Morgan fingerprint density at radius 3 is 2.76 bits per heavy atom.